The van der Waals surface area contributed by atoms with Gasteiger partial charge in [0.2, 0.25) is 11.8 Å². The van der Waals surface area contributed by atoms with E-state index in [1.807, 2.05) is 42.5 Å². The van der Waals surface area contributed by atoms with Gasteiger partial charge in [-0.05, 0) is 30.2 Å². The number of benzene rings is 2. The first kappa shape index (κ1) is 20.9. The number of hydrogen-bond acceptors (Lipinski definition) is 3. The third kappa shape index (κ3) is 6.70. The van der Waals surface area contributed by atoms with Crippen LogP contribution >= 0.6 is 11.6 Å². The van der Waals surface area contributed by atoms with Crippen molar-refractivity contribution in [1.82, 2.24) is 10.2 Å². The van der Waals surface area contributed by atoms with Gasteiger partial charge in [-0.3, -0.25) is 9.59 Å². The number of carbonyl (C=O) groups is 2. The number of nitrogens with one attached hydrogen (secondary N) is 1. The molecule has 144 valence electrons. The van der Waals surface area contributed by atoms with Gasteiger partial charge in [-0.15, -0.1) is 0 Å². The second kappa shape index (κ2) is 10.7. The van der Waals surface area contributed by atoms with Crippen LogP contribution in [0.2, 0.25) is 5.02 Å². The van der Waals surface area contributed by atoms with Crippen LogP contribution in [0.3, 0.4) is 0 Å². The molecule has 0 saturated carbocycles. The van der Waals surface area contributed by atoms with E-state index in [-0.39, 0.29) is 18.2 Å². The summed E-state index contributed by atoms with van der Waals surface area (Å²) in [5, 5.41) is 3.43. The van der Waals surface area contributed by atoms with E-state index in [4.69, 9.17) is 16.3 Å². The normalized spacial score (nSPS) is 11.7. The lowest BCUT2D eigenvalue weighted by Crippen LogP contribution is -2.48. The Balaban J connectivity index is 2.14. The van der Waals surface area contributed by atoms with Crippen molar-refractivity contribution in [2.75, 3.05) is 20.3 Å². The zero-order valence-electron chi connectivity index (χ0n) is 15.7. The topological polar surface area (TPSA) is 58.6 Å². The first-order valence-electron chi connectivity index (χ1n) is 8.85. The maximum atomic E-state index is 13.0. The Hall–Kier alpha value is -2.37. The average molecular weight is 389 g/mol. The van der Waals surface area contributed by atoms with Gasteiger partial charge in [0.15, 0.2) is 0 Å². The second-order valence-corrected chi connectivity index (χ2v) is 6.71. The Kier molecular flexibility index (Phi) is 8.30. The minimum Gasteiger partial charge on any atom is -0.383 e. The van der Waals surface area contributed by atoms with Gasteiger partial charge in [0, 0.05) is 25.2 Å². The molecule has 27 heavy (non-hydrogen) atoms. The zero-order valence-corrected chi connectivity index (χ0v) is 16.4. The van der Waals surface area contributed by atoms with E-state index < -0.39 is 6.04 Å². The molecule has 0 aliphatic carbocycles. The molecule has 5 nitrogen and oxygen atoms in total. The van der Waals surface area contributed by atoms with Gasteiger partial charge in [-0.25, -0.2) is 0 Å². The molecule has 0 spiro atoms. The van der Waals surface area contributed by atoms with Gasteiger partial charge in [0.1, 0.15) is 6.04 Å². The molecular weight excluding hydrogens is 364 g/mol. The second-order valence-electron chi connectivity index (χ2n) is 6.27. The molecule has 2 aromatic rings. The van der Waals surface area contributed by atoms with Gasteiger partial charge in [0.25, 0.3) is 0 Å². The third-order valence-corrected chi connectivity index (χ3v) is 4.49. The quantitative estimate of drug-likeness (QED) is 0.671. The lowest BCUT2D eigenvalue weighted by Gasteiger charge is -2.29. The van der Waals surface area contributed by atoms with Crippen LogP contribution in [-0.2, 0) is 27.3 Å². The molecule has 0 saturated heterocycles. The molecule has 1 atom stereocenters. The van der Waals surface area contributed by atoms with Crippen molar-refractivity contribution in [3.05, 3.63) is 70.7 Å². The predicted molar refractivity (Wildman–Crippen MR) is 106 cm³/mol. The highest BCUT2D eigenvalue weighted by atomic mass is 35.5. The summed E-state index contributed by atoms with van der Waals surface area (Å²) in [5.74, 6) is -0.312. The molecule has 0 radical (unpaired) electrons. The number of ether oxygens (including phenoxy) is 1. The van der Waals surface area contributed by atoms with Crippen LogP contribution in [0.5, 0.6) is 0 Å². The number of methoxy groups -OCH3 is 1. The van der Waals surface area contributed by atoms with Crippen LogP contribution in [0.1, 0.15) is 18.1 Å². The fraction of sp³-hybridized carbons (Fsp3) is 0.333. The summed E-state index contributed by atoms with van der Waals surface area (Å²) in [6.07, 6.45) is 0.240. The smallest absolute Gasteiger partial charge is 0.242 e. The average Bonchev–Trinajstić information content (AvgIpc) is 2.67. The number of carbonyl (C=O) groups excluding carboxylic acids is 2. The van der Waals surface area contributed by atoms with E-state index in [0.717, 1.165) is 11.1 Å². The summed E-state index contributed by atoms with van der Waals surface area (Å²) >= 11 is 5.95. The molecule has 0 fully saturated rings. The van der Waals surface area contributed by atoms with Crippen molar-refractivity contribution in [1.29, 1.82) is 0 Å². The van der Waals surface area contributed by atoms with E-state index in [1.54, 1.807) is 31.1 Å². The van der Waals surface area contributed by atoms with Crippen molar-refractivity contribution in [3.8, 4) is 0 Å². The highest BCUT2D eigenvalue weighted by molar-refractivity contribution is 6.30. The minimum absolute atomic E-state index is 0.106. The van der Waals surface area contributed by atoms with E-state index in [2.05, 4.69) is 5.32 Å². The molecule has 2 rings (SSSR count). The van der Waals surface area contributed by atoms with Crippen LogP contribution < -0.4 is 5.32 Å². The number of amides is 2. The molecule has 2 amide bonds. The summed E-state index contributed by atoms with van der Waals surface area (Å²) in [7, 11) is 1.58. The van der Waals surface area contributed by atoms with Crippen LogP contribution in [0.4, 0.5) is 0 Å². The van der Waals surface area contributed by atoms with Crippen LogP contribution in [0.15, 0.2) is 54.6 Å². The summed E-state index contributed by atoms with van der Waals surface area (Å²) < 4.78 is 4.96. The lowest BCUT2D eigenvalue weighted by atomic mass is 10.1. The molecule has 0 aliphatic heterocycles. The van der Waals surface area contributed by atoms with Crippen molar-refractivity contribution in [3.63, 3.8) is 0 Å². The van der Waals surface area contributed by atoms with E-state index in [9.17, 15) is 9.59 Å². The standard InChI is InChI=1S/C21H25ClN2O3/c1-16(21(26)23-12-13-27-2)24(15-18-8-10-19(22)11-9-18)20(25)14-17-6-4-3-5-7-17/h3-11,16H,12-15H2,1-2H3,(H,23,26)/t16-/m1/s1. The summed E-state index contributed by atoms with van der Waals surface area (Å²) in [6, 6.07) is 16.2. The number of rotatable bonds is 9. The molecule has 1 N–H and O–H groups in total. The van der Waals surface area contributed by atoms with Gasteiger partial charge >= 0.3 is 0 Å². The van der Waals surface area contributed by atoms with Crippen molar-refractivity contribution in [2.45, 2.75) is 25.9 Å². The number of nitrogens with zero attached hydrogens (tertiary/aromatic N) is 1. The van der Waals surface area contributed by atoms with Crippen molar-refractivity contribution < 1.29 is 14.3 Å². The van der Waals surface area contributed by atoms with Gasteiger partial charge in [0.05, 0.1) is 13.0 Å². The fourth-order valence-electron chi connectivity index (χ4n) is 2.67. The molecule has 0 bridgehead atoms. The SMILES string of the molecule is COCCNC(=O)[C@@H](C)N(Cc1ccc(Cl)cc1)C(=O)Cc1ccccc1. The highest BCUT2D eigenvalue weighted by Crippen LogP contribution is 2.15. The largest absolute Gasteiger partial charge is 0.383 e. The van der Waals surface area contributed by atoms with Gasteiger partial charge in [-0.2, -0.15) is 0 Å². The Morgan fingerprint density at radius 2 is 1.74 bits per heavy atom. The molecule has 6 heteroatoms. The van der Waals surface area contributed by atoms with Gasteiger partial charge in [-0.1, -0.05) is 54.1 Å². The maximum Gasteiger partial charge on any atom is 0.242 e. The minimum atomic E-state index is -0.603. The predicted octanol–water partition coefficient (Wildman–Crippen LogP) is 3.06. The van der Waals surface area contributed by atoms with E-state index >= 15 is 0 Å². The van der Waals surface area contributed by atoms with Crippen molar-refractivity contribution in [2.24, 2.45) is 0 Å². The fourth-order valence-corrected chi connectivity index (χ4v) is 2.79. The first-order valence-corrected chi connectivity index (χ1v) is 9.23. The summed E-state index contributed by atoms with van der Waals surface area (Å²) in [5.41, 5.74) is 1.83. The van der Waals surface area contributed by atoms with Crippen LogP contribution in [0.25, 0.3) is 0 Å². The Labute approximate surface area is 165 Å². The molecular formula is C21H25ClN2O3. The molecule has 2 aromatic carbocycles. The molecule has 0 aromatic heterocycles. The van der Waals surface area contributed by atoms with Crippen molar-refractivity contribution >= 4 is 23.4 Å². The first-order chi connectivity index (χ1) is 13.0. The highest BCUT2D eigenvalue weighted by Gasteiger charge is 2.26. The number of hydrogen-bond donors (Lipinski definition) is 1. The summed E-state index contributed by atoms with van der Waals surface area (Å²) in [6.45, 7) is 2.90. The Morgan fingerprint density at radius 1 is 1.07 bits per heavy atom. The monoisotopic (exact) mass is 388 g/mol. The zero-order chi connectivity index (χ0) is 19.6. The third-order valence-electron chi connectivity index (χ3n) is 4.24. The molecule has 0 aliphatic rings. The lowest BCUT2D eigenvalue weighted by molar-refractivity contribution is -0.140. The molecule has 0 heterocycles. The molecule has 0 unspecified atom stereocenters. The van der Waals surface area contributed by atoms with Gasteiger partial charge < -0.3 is 15.0 Å². The van der Waals surface area contributed by atoms with E-state index in [1.165, 1.54) is 0 Å². The summed E-state index contributed by atoms with van der Waals surface area (Å²) in [4.78, 5) is 27.0. The Morgan fingerprint density at radius 3 is 2.37 bits per heavy atom. The van der Waals surface area contributed by atoms with E-state index in [0.29, 0.717) is 24.7 Å². The maximum absolute atomic E-state index is 13.0. The van der Waals surface area contributed by atoms with Crippen LogP contribution in [0, 0.1) is 0 Å². The van der Waals surface area contributed by atoms with Crippen LogP contribution in [-0.4, -0.2) is 43.0 Å². The Bertz CT molecular complexity index is 735. The number of halogens is 1.